The van der Waals surface area contributed by atoms with Crippen LogP contribution in [0.2, 0.25) is 0 Å². The monoisotopic (exact) mass is 264 g/mol. The molecule has 1 saturated carbocycles. The minimum Gasteiger partial charge on any atom is -0.394 e. The summed E-state index contributed by atoms with van der Waals surface area (Å²) in [4.78, 5) is 0. The zero-order chi connectivity index (χ0) is 14.2. The molecule has 2 rings (SSSR count). The van der Waals surface area contributed by atoms with E-state index in [0.717, 1.165) is 23.1 Å². The van der Waals surface area contributed by atoms with Gasteiger partial charge in [0.15, 0.2) is 0 Å². The van der Waals surface area contributed by atoms with Gasteiger partial charge in [-0.1, -0.05) is 27.7 Å². The van der Waals surface area contributed by atoms with E-state index in [2.05, 4.69) is 38.1 Å². The van der Waals surface area contributed by atoms with Crippen LogP contribution in [0.3, 0.4) is 0 Å². The predicted octanol–water partition coefficient (Wildman–Crippen LogP) is 3.36. The average Bonchev–Trinajstić information content (AvgIpc) is 2.60. The maximum Gasteiger partial charge on any atom is 0.148 e. The SMILES string of the molecule is CC1CCC(Nc2c(N)c(C(C)C)nn2C)C(C)C1. The van der Waals surface area contributed by atoms with Gasteiger partial charge in [-0.25, -0.2) is 0 Å². The second kappa shape index (κ2) is 5.43. The maximum absolute atomic E-state index is 6.25. The number of aromatic nitrogens is 2. The van der Waals surface area contributed by atoms with Crippen LogP contribution < -0.4 is 11.1 Å². The van der Waals surface area contributed by atoms with Crippen molar-refractivity contribution in [1.82, 2.24) is 9.78 Å². The van der Waals surface area contributed by atoms with Gasteiger partial charge in [-0.3, -0.25) is 4.68 Å². The molecule has 0 bridgehead atoms. The third-order valence-corrected chi connectivity index (χ3v) is 4.41. The Morgan fingerprint density at radius 1 is 1.32 bits per heavy atom. The minimum atomic E-state index is 0.366. The van der Waals surface area contributed by atoms with E-state index in [-0.39, 0.29) is 0 Å². The van der Waals surface area contributed by atoms with Crippen LogP contribution in [0, 0.1) is 11.8 Å². The molecule has 0 aliphatic heterocycles. The van der Waals surface area contributed by atoms with Crippen LogP contribution in [-0.4, -0.2) is 15.8 Å². The number of aryl methyl sites for hydroxylation is 1. The molecule has 19 heavy (non-hydrogen) atoms. The fraction of sp³-hybridized carbons (Fsp3) is 0.800. The van der Waals surface area contributed by atoms with Gasteiger partial charge < -0.3 is 11.1 Å². The van der Waals surface area contributed by atoms with Crippen molar-refractivity contribution in [2.24, 2.45) is 18.9 Å². The van der Waals surface area contributed by atoms with Crippen molar-refractivity contribution in [3.63, 3.8) is 0 Å². The summed E-state index contributed by atoms with van der Waals surface area (Å²) in [7, 11) is 1.97. The standard InChI is InChI=1S/C15H28N4/c1-9(2)14-13(16)15(19(5)18-14)17-12-7-6-10(3)8-11(12)4/h9-12,17H,6-8,16H2,1-5H3. The zero-order valence-corrected chi connectivity index (χ0v) is 12.9. The van der Waals surface area contributed by atoms with Crippen LogP contribution >= 0.6 is 0 Å². The van der Waals surface area contributed by atoms with Gasteiger partial charge >= 0.3 is 0 Å². The van der Waals surface area contributed by atoms with Crippen molar-refractivity contribution in [3.05, 3.63) is 5.69 Å². The molecular formula is C15H28N4. The Morgan fingerprint density at radius 2 is 2.00 bits per heavy atom. The molecule has 0 saturated heterocycles. The van der Waals surface area contributed by atoms with E-state index < -0.39 is 0 Å². The summed E-state index contributed by atoms with van der Waals surface area (Å²) in [5.41, 5.74) is 8.07. The first-order valence-electron chi connectivity index (χ1n) is 7.49. The molecule has 0 amide bonds. The smallest absolute Gasteiger partial charge is 0.148 e. The summed E-state index contributed by atoms with van der Waals surface area (Å²) in [6, 6.07) is 0.522. The molecule has 1 aromatic heterocycles. The Labute approximate surface area is 116 Å². The molecule has 1 fully saturated rings. The summed E-state index contributed by atoms with van der Waals surface area (Å²) in [5, 5.41) is 8.18. The molecule has 3 atom stereocenters. The molecule has 4 nitrogen and oxygen atoms in total. The number of nitrogens with one attached hydrogen (secondary N) is 1. The molecule has 1 aliphatic rings. The van der Waals surface area contributed by atoms with Gasteiger partial charge in [0, 0.05) is 13.1 Å². The van der Waals surface area contributed by atoms with E-state index in [9.17, 15) is 0 Å². The highest BCUT2D eigenvalue weighted by atomic mass is 15.3. The quantitative estimate of drug-likeness (QED) is 0.880. The third kappa shape index (κ3) is 2.88. The summed E-state index contributed by atoms with van der Waals surface area (Å²) in [5.74, 6) is 2.91. The highest BCUT2D eigenvalue weighted by Crippen LogP contribution is 2.34. The molecule has 0 radical (unpaired) electrons. The van der Waals surface area contributed by atoms with Crippen molar-refractivity contribution < 1.29 is 0 Å². The fourth-order valence-electron chi connectivity index (χ4n) is 3.21. The average molecular weight is 264 g/mol. The van der Waals surface area contributed by atoms with Crippen LogP contribution in [0.15, 0.2) is 0 Å². The third-order valence-electron chi connectivity index (χ3n) is 4.41. The fourth-order valence-corrected chi connectivity index (χ4v) is 3.21. The van der Waals surface area contributed by atoms with Crippen LogP contribution in [0.5, 0.6) is 0 Å². The lowest BCUT2D eigenvalue weighted by atomic mass is 9.80. The predicted molar refractivity (Wildman–Crippen MR) is 81.3 cm³/mol. The van der Waals surface area contributed by atoms with Gasteiger partial charge in [0.1, 0.15) is 5.82 Å². The number of nitrogens with zero attached hydrogens (tertiary/aromatic N) is 2. The Balaban J connectivity index is 2.15. The van der Waals surface area contributed by atoms with Crippen LogP contribution in [0.1, 0.15) is 58.6 Å². The van der Waals surface area contributed by atoms with E-state index in [1.807, 2.05) is 11.7 Å². The number of rotatable bonds is 3. The lowest BCUT2D eigenvalue weighted by Crippen LogP contribution is -2.33. The van der Waals surface area contributed by atoms with Crippen LogP contribution in [-0.2, 0) is 7.05 Å². The van der Waals surface area contributed by atoms with Gasteiger partial charge in [-0.2, -0.15) is 5.10 Å². The van der Waals surface area contributed by atoms with Crippen molar-refractivity contribution in [3.8, 4) is 0 Å². The molecule has 1 heterocycles. The van der Waals surface area contributed by atoms with Gasteiger partial charge in [-0.15, -0.1) is 0 Å². The van der Waals surface area contributed by atoms with E-state index in [4.69, 9.17) is 5.73 Å². The summed E-state index contributed by atoms with van der Waals surface area (Å²) >= 11 is 0. The highest BCUT2D eigenvalue weighted by Gasteiger charge is 2.27. The molecule has 3 unspecified atom stereocenters. The normalized spacial score (nSPS) is 27.8. The lowest BCUT2D eigenvalue weighted by Gasteiger charge is -2.33. The Hall–Kier alpha value is -1.19. The molecule has 3 N–H and O–H groups in total. The summed E-state index contributed by atoms with van der Waals surface area (Å²) < 4.78 is 1.90. The lowest BCUT2D eigenvalue weighted by molar-refractivity contribution is 0.276. The van der Waals surface area contributed by atoms with Crippen molar-refractivity contribution in [2.45, 2.75) is 58.9 Å². The topological polar surface area (TPSA) is 55.9 Å². The highest BCUT2D eigenvalue weighted by molar-refractivity contribution is 5.66. The van der Waals surface area contributed by atoms with Crippen molar-refractivity contribution in [1.29, 1.82) is 0 Å². The number of hydrogen-bond acceptors (Lipinski definition) is 3. The van der Waals surface area contributed by atoms with Gasteiger partial charge in [0.05, 0.1) is 11.4 Å². The first kappa shape index (κ1) is 14.2. The molecule has 108 valence electrons. The zero-order valence-electron chi connectivity index (χ0n) is 12.9. The Bertz CT molecular complexity index is 436. The Morgan fingerprint density at radius 3 is 2.53 bits per heavy atom. The molecular weight excluding hydrogens is 236 g/mol. The van der Waals surface area contributed by atoms with Crippen LogP contribution in [0.4, 0.5) is 11.5 Å². The van der Waals surface area contributed by atoms with E-state index in [1.165, 1.54) is 19.3 Å². The number of hydrogen-bond donors (Lipinski definition) is 2. The van der Waals surface area contributed by atoms with Gasteiger partial charge in [0.25, 0.3) is 0 Å². The molecule has 0 spiro atoms. The van der Waals surface area contributed by atoms with Gasteiger partial charge in [0.2, 0.25) is 0 Å². The largest absolute Gasteiger partial charge is 0.394 e. The van der Waals surface area contributed by atoms with E-state index in [1.54, 1.807) is 0 Å². The van der Waals surface area contributed by atoms with E-state index >= 15 is 0 Å². The first-order valence-corrected chi connectivity index (χ1v) is 7.49. The molecule has 1 aromatic rings. The number of anilines is 2. The summed E-state index contributed by atoms with van der Waals surface area (Å²) in [6.45, 7) is 8.95. The Kier molecular flexibility index (Phi) is 4.07. The maximum atomic E-state index is 6.25. The van der Waals surface area contributed by atoms with Crippen molar-refractivity contribution in [2.75, 3.05) is 11.1 Å². The molecule has 1 aliphatic carbocycles. The van der Waals surface area contributed by atoms with Crippen molar-refractivity contribution >= 4 is 11.5 Å². The molecule has 4 heteroatoms. The minimum absolute atomic E-state index is 0.366. The first-order chi connectivity index (χ1) is 8.90. The van der Waals surface area contributed by atoms with E-state index in [0.29, 0.717) is 17.9 Å². The van der Waals surface area contributed by atoms with Crippen LogP contribution in [0.25, 0.3) is 0 Å². The second-order valence-electron chi connectivity index (χ2n) is 6.57. The molecule has 0 aromatic carbocycles. The number of nitrogen functional groups attached to an aromatic ring is 1. The van der Waals surface area contributed by atoms with Gasteiger partial charge in [-0.05, 0) is 37.0 Å². The summed E-state index contributed by atoms with van der Waals surface area (Å²) in [6.07, 6.45) is 3.83. The number of nitrogens with two attached hydrogens (primary N) is 1. The second-order valence-corrected chi connectivity index (χ2v) is 6.57.